The molecule has 16 heavy (non-hydrogen) atoms. The van der Waals surface area contributed by atoms with Crippen molar-refractivity contribution in [2.24, 2.45) is 5.73 Å². The predicted octanol–water partition coefficient (Wildman–Crippen LogP) is 1.58. The molecule has 2 heterocycles. The maximum absolute atomic E-state index is 5.72. The second-order valence-electron chi connectivity index (χ2n) is 4.46. The normalized spacial score (nSPS) is 17.1. The van der Waals surface area contributed by atoms with Crippen molar-refractivity contribution >= 4 is 11.8 Å². The van der Waals surface area contributed by atoms with Crippen molar-refractivity contribution in [1.29, 1.82) is 0 Å². The molecule has 0 spiro atoms. The number of hydrogen-bond donors (Lipinski definition) is 1. The highest BCUT2D eigenvalue weighted by Gasteiger charge is 2.15. The average molecular weight is 240 g/mol. The van der Waals surface area contributed by atoms with Crippen LogP contribution in [0.25, 0.3) is 0 Å². The van der Waals surface area contributed by atoms with Gasteiger partial charge in [-0.15, -0.1) is 10.2 Å². The molecular weight excluding hydrogens is 220 g/mol. The number of fused-ring (bicyclic) bond motifs is 1. The SMILES string of the molecule is CC(N)CCSCc1nnc2n1CCCC2. The third-order valence-electron chi connectivity index (χ3n) is 2.88. The van der Waals surface area contributed by atoms with Gasteiger partial charge in [0.05, 0.1) is 5.75 Å². The first-order valence-electron chi connectivity index (χ1n) is 6.01. The lowest BCUT2D eigenvalue weighted by Crippen LogP contribution is -2.15. The molecule has 1 atom stereocenters. The van der Waals surface area contributed by atoms with Crippen LogP contribution in [0.4, 0.5) is 0 Å². The fourth-order valence-electron chi connectivity index (χ4n) is 1.91. The van der Waals surface area contributed by atoms with Gasteiger partial charge < -0.3 is 10.3 Å². The van der Waals surface area contributed by atoms with Crippen LogP contribution < -0.4 is 5.73 Å². The Morgan fingerprint density at radius 1 is 1.44 bits per heavy atom. The standard InChI is InChI=1S/C11H20N4S/c1-9(12)5-7-16-8-11-14-13-10-4-2-3-6-15(10)11/h9H,2-8,12H2,1H3. The molecule has 1 aliphatic rings. The number of aryl methyl sites for hydroxylation is 1. The van der Waals surface area contributed by atoms with Crippen molar-refractivity contribution in [3.63, 3.8) is 0 Å². The smallest absolute Gasteiger partial charge is 0.143 e. The van der Waals surface area contributed by atoms with Gasteiger partial charge in [-0.1, -0.05) is 0 Å². The van der Waals surface area contributed by atoms with E-state index in [9.17, 15) is 0 Å². The fraction of sp³-hybridized carbons (Fsp3) is 0.818. The third-order valence-corrected chi connectivity index (χ3v) is 3.87. The summed E-state index contributed by atoms with van der Waals surface area (Å²) in [5.41, 5.74) is 5.72. The van der Waals surface area contributed by atoms with Gasteiger partial charge in [-0.05, 0) is 31.9 Å². The van der Waals surface area contributed by atoms with Gasteiger partial charge in [0.15, 0.2) is 0 Å². The van der Waals surface area contributed by atoms with E-state index in [1.54, 1.807) is 0 Å². The predicted molar refractivity (Wildman–Crippen MR) is 67.4 cm³/mol. The van der Waals surface area contributed by atoms with E-state index < -0.39 is 0 Å². The van der Waals surface area contributed by atoms with E-state index in [-0.39, 0.29) is 0 Å². The molecule has 0 fully saturated rings. The van der Waals surface area contributed by atoms with Crippen LogP contribution in [0, 0.1) is 0 Å². The van der Waals surface area contributed by atoms with Crippen molar-refractivity contribution in [1.82, 2.24) is 14.8 Å². The molecule has 1 aromatic rings. The summed E-state index contributed by atoms with van der Waals surface area (Å²) in [4.78, 5) is 0. The molecule has 0 amide bonds. The van der Waals surface area contributed by atoms with Crippen molar-refractivity contribution in [3.8, 4) is 0 Å². The Balaban J connectivity index is 1.83. The molecule has 5 heteroatoms. The molecule has 0 aliphatic carbocycles. The maximum Gasteiger partial charge on any atom is 0.143 e. The van der Waals surface area contributed by atoms with Gasteiger partial charge in [0.1, 0.15) is 11.6 Å². The van der Waals surface area contributed by atoms with Gasteiger partial charge in [-0.3, -0.25) is 0 Å². The van der Waals surface area contributed by atoms with Crippen LogP contribution in [0.1, 0.15) is 37.8 Å². The largest absolute Gasteiger partial charge is 0.328 e. The topological polar surface area (TPSA) is 56.7 Å². The van der Waals surface area contributed by atoms with Gasteiger partial charge in [-0.2, -0.15) is 11.8 Å². The minimum atomic E-state index is 0.305. The summed E-state index contributed by atoms with van der Waals surface area (Å²) in [7, 11) is 0. The summed E-state index contributed by atoms with van der Waals surface area (Å²) < 4.78 is 2.29. The minimum absolute atomic E-state index is 0.305. The molecule has 0 aromatic carbocycles. The zero-order chi connectivity index (χ0) is 11.4. The average Bonchev–Trinajstić information content (AvgIpc) is 2.68. The first-order chi connectivity index (χ1) is 7.77. The Labute approximate surface area is 101 Å². The minimum Gasteiger partial charge on any atom is -0.328 e. The fourth-order valence-corrected chi connectivity index (χ4v) is 2.99. The summed E-state index contributed by atoms with van der Waals surface area (Å²) in [5, 5.41) is 8.52. The van der Waals surface area contributed by atoms with Crippen molar-refractivity contribution in [2.75, 3.05) is 5.75 Å². The highest BCUT2D eigenvalue weighted by Crippen LogP contribution is 2.18. The number of hydrogen-bond acceptors (Lipinski definition) is 4. The van der Waals surface area contributed by atoms with E-state index in [0.29, 0.717) is 6.04 Å². The number of thioether (sulfide) groups is 1. The highest BCUT2D eigenvalue weighted by molar-refractivity contribution is 7.98. The van der Waals surface area contributed by atoms with E-state index in [0.717, 1.165) is 36.7 Å². The molecule has 1 unspecified atom stereocenters. The second-order valence-corrected chi connectivity index (χ2v) is 5.56. The van der Waals surface area contributed by atoms with Crippen LogP contribution in [0.15, 0.2) is 0 Å². The molecule has 1 aliphatic heterocycles. The Bertz CT molecular complexity index is 335. The molecule has 0 bridgehead atoms. The van der Waals surface area contributed by atoms with Crippen molar-refractivity contribution in [2.45, 2.75) is 50.9 Å². The molecule has 0 radical (unpaired) electrons. The van der Waals surface area contributed by atoms with Crippen LogP contribution in [0.2, 0.25) is 0 Å². The Morgan fingerprint density at radius 2 is 2.31 bits per heavy atom. The Morgan fingerprint density at radius 3 is 3.12 bits per heavy atom. The quantitative estimate of drug-likeness (QED) is 0.794. The maximum atomic E-state index is 5.72. The molecule has 90 valence electrons. The van der Waals surface area contributed by atoms with Crippen LogP contribution in [0.5, 0.6) is 0 Å². The molecular formula is C11H20N4S. The zero-order valence-electron chi connectivity index (χ0n) is 9.85. The van der Waals surface area contributed by atoms with Gasteiger partial charge in [0.25, 0.3) is 0 Å². The van der Waals surface area contributed by atoms with Crippen molar-refractivity contribution in [3.05, 3.63) is 11.6 Å². The summed E-state index contributed by atoms with van der Waals surface area (Å²) in [6.07, 6.45) is 4.70. The molecule has 0 saturated carbocycles. The number of nitrogens with two attached hydrogens (primary N) is 1. The lowest BCUT2D eigenvalue weighted by atomic mass is 10.2. The first kappa shape index (κ1) is 11.9. The summed E-state index contributed by atoms with van der Waals surface area (Å²) in [5.74, 6) is 4.40. The van der Waals surface area contributed by atoms with Crippen LogP contribution >= 0.6 is 11.8 Å². The molecule has 2 rings (SSSR count). The van der Waals surface area contributed by atoms with Gasteiger partial charge in [0.2, 0.25) is 0 Å². The van der Waals surface area contributed by atoms with E-state index >= 15 is 0 Å². The van der Waals surface area contributed by atoms with E-state index in [1.807, 2.05) is 11.8 Å². The van der Waals surface area contributed by atoms with E-state index in [4.69, 9.17) is 5.73 Å². The lowest BCUT2D eigenvalue weighted by molar-refractivity contribution is 0.513. The molecule has 2 N–H and O–H groups in total. The first-order valence-corrected chi connectivity index (χ1v) is 7.17. The lowest BCUT2D eigenvalue weighted by Gasteiger charge is -2.14. The Kier molecular flexibility index (Phi) is 4.23. The van der Waals surface area contributed by atoms with Crippen LogP contribution in [-0.4, -0.2) is 26.6 Å². The third kappa shape index (κ3) is 2.98. The van der Waals surface area contributed by atoms with E-state index in [2.05, 4.69) is 21.7 Å². The molecule has 0 saturated heterocycles. The summed E-state index contributed by atoms with van der Waals surface area (Å²) >= 11 is 1.91. The summed E-state index contributed by atoms with van der Waals surface area (Å²) in [6, 6.07) is 0.305. The number of nitrogens with zero attached hydrogens (tertiary/aromatic N) is 3. The van der Waals surface area contributed by atoms with Gasteiger partial charge >= 0.3 is 0 Å². The van der Waals surface area contributed by atoms with Crippen molar-refractivity contribution < 1.29 is 0 Å². The van der Waals surface area contributed by atoms with Crippen LogP contribution in [-0.2, 0) is 18.7 Å². The van der Waals surface area contributed by atoms with Gasteiger partial charge in [-0.25, -0.2) is 0 Å². The molecule has 4 nitrogen and oxygen atoms in total. The monoisotopic (exact) mass is 240 g/mol. The number of aromatic nitrogens is 3. The van der Waals surface area contributed by atoms with Crippen LogP contribution in [0.3, 0.4) is 0 Å². The number of rotatable bonds is 5. The summed E-state index contributed by atoms with van der Waals surface area (Å²) in [6.45, 7) is 3.16. The zero-order valence-corrected chi connectivity index (χ0v) is 10.7. The molecule has 1 aromatic heterocycles. The van der Waals surface area contributed by atoms with Gasteiger partial charge in [0, 0.05) is 19.0 Å². The second kappa shape index (κ2) is 5.68. The highest BCUT2D eigenvalue weighted by atomic mass is 32.2. The Hall–Kier alpha value is -0.550. The van der Waals surface area contributed by atoms with E-state index in [1.165, 1.54) is 18.7 Å².